The van der Waals surface area contributed by atoms with Gasteiger partial charge in [0.2, 0.25) is 0 Å². The molecule has 0 saturated heterocycles. The van der Waals surface area contributed by atoms with Crippen LogP contribution in [0.1, 0.15) is 166 Å². The Morgan fingerprint density at radius 3 is 1.08 bits per heavy atom. The highest BCUT2D eigenvalue weighted by Gasteiger charge is 2.04. The summed E-state index contributed by atoms with van der Waals surface area (Å²) >= 11 is 0. The summed E-state index contributed by atoms with van der Waals surface area (Å²) < 4.78 is 12.2. The van der Waals surface area contributed by atoms with E-state index in [0.717, 1.165) is 26.1 Å². The van der Waals surface area contributed by atoms with Gasteiger partial charge in [0.1, 0.15) is 0 Å². The third-order valence-corrected chi connectivity index (χ3v) is 10.2. The zero-order valence-corrected chi connectivity index (χ0v) is 33.5. The van der Waals surface area contributed by atoms with Crippen LogP contribution in [0.3, 0.4) is 0 Å². The predicted molar refractivity (Wildman–Crippen MR) is 219 cm³/mol. The minimum absolute atomic E-state index is 0.680. The molecule has 0 aliphatic rings. The molecule has 50 heavy (non-hydrogen) atoms. The van der Waals surface area contributed by atoms with E-state index in [1.807, 2.05) is 0 Å². The van der Waals surface area contributed by atoms with Gasteiger partial charge in [0.15, 0.2) is 0 Å². The zero-order chi connectivity index (χ0) is 35.7. The van der Waals surface area contributed by atoms with Crippen LogP contribution < -0.4 is 0 Å². The average molecular weight is 693 g/mol. The standard InChI is InChI=1S/C46H80N2O2/c1-5-7-9-11-13-15-17-19-21-33-47(3)35-23-25-37-49-41-43-29-27-31-45(39-43)46-32-28-30-44(40-46)42-50-38-26-24-36-48(4)34-22-20-18-16-14-12-10-8-6-2/h27-32,39-40H,5-26,33-38,41-42H2,1-4H3. The molecule has 0 amide bonds. The maximum Gasteiger partial charge on any atom is 0.0717 e. The fraction of sp³-hybridized carbons (Fsp3) is 0.739. The summed E-state index contributed by atoms with van der Waals surface area (Å²) in [5, 5.41) is 0. The van der Waals surface area contributed by atoms with Crippen molar-refractivity contribution in [2.75, 3.05) is 53.5 Å². The zero-order valence-electron chi connectivity index (χ0n) is 33.5. The van der Waals surface area contributed by atoms with Gasteiger partial charge in [-0.15, -0.1) is 0 Å². The minimum Gasteiger partial charge on any atom is -0.377 e. The van der Waals surface area contributed by atoms with Gasteiger partial charge in [-0.1, -0.05) is 153 Å². The molecule has 0 aliphatic heterocycles. The van der Waals surface area contributed by atoms with Crippen LogP contribution in [0.15, 0.2) is 48.5 Å². The SMILES string of the molecule is CCCCCCCCCCCN(C)CCCCOCc1cccc(-c2cccc(COCCCCN(C)CCCCCCCCCCC)c2)c1. The molecule has 0 aliphatic carbocycles. The van der Waals surface area contributed by atoms with Crippen molar-refractivity contribution in [1.29, 1.82) is 0 Å². The summed E-state index contributed by atoms with van der Waals surface area (Å²) in [6, 6.07) is 17.7. The van der Waals surface area contributed by atoms with Crippen molar-refractivity contribution in [3.63, 3.8) is 0 Å². The van der Waals surface area contributed by atoms with E-state index < -0.39 is 0 Å². The van der Waals surface area contributed by atoms with Crippen molar-refractivity contribution in [1.82, 2.24) is 9.80 Å². The summed E-state index contributed by atoms with van der Waals surface area (Å²) in [5.41, 5.74) is 4.99. The van der Waals surface area contributed by atoms with E-state index in [4.69, 9.17) is 9.47 Å². The third-order valence-electron chi connectivity index (χ3n) is 10.2. The van der Waals surface area contributed by atoms with E-state index in [1.54, 1.807) is 0 Å². The Labute approximate surface area is 311 Å². The van der Waals surface area contributed by atoms with Crippen LogP contribution in [0.2, 0.25) is 0 Å². The molecule has 0 aromatic heterocycles. The van der Waals surface area contributed by atoms with Gasteiger partial charge in [-0.3, -0.25) is 0 Å². The maximum absolute atomic E-state index is 6.08. The maximum atomic E-state index is 6.08. The van der Waals surface area contributed by atoms with Crippen molar-refractivity contribution >= 4 is 0 Å². The molecule has 2 aromatic rings. The van der Waals surface area contributed by atoms with Gasteiger partial charge < -0.3 is 19.3 Å². The molecule has 0 heterocycles. The fourth-order valence-electron chi connectivity index (χ4n) is 6.84. The molecule has 4 heteroatoms. The molecule has 0 radical (unpaired) electrons. The first-order chi connectivity index (χ1) is 24.6. The highest BCUT2D eigenvalue weighted by atomic mass is 16.5. The Hall–Kier alpha value is -1.72. The number of nitrogens with zero attached hydrogens (tertiary/aromatic N) is 2. The molecule has 0 saturated carbocycles. The Balaban J connectivity index is 1.50. The van der Waals surface area contributed by atoms with Crippen LogP contribution in [-0.2, 0) is 22.7 Å². The molecule has 4 nitrogen and oxygen atoms in total. The monoisotopic (exact) mass is 693 g/mol. The summed E-state index contributed by atoms with van der Waals surface area (Å²) in [5.74, 6) is 0. The molecule has 0 unspecified atom stereocenters. The number of ether oxygens (including phenoxy) is 2. The summed E-state index contributed by atoms with van der Waals surface area (Å²) in [4.78, 5) is 5.01. The van der Waals surface area contributed by atoms with E-state index in [1.165, 1.54) is 177 Å². The van der Waals surface area contributed by atoms with E-state index in [0.29, 0.717) is 13.2 Å². The van der Waals surface area contributed by atoms with Crippen LogP contribution in [0.4, 0.5) is 0 Å². The molecule has 286 valence electrons. The smallest absolute Gasteiger partial charge is 0.0717 e. The molecular weight excluding hydrogens is 613 g/mol. The quantitative estimate of drug-likeness (QED) is 0.0671. The molecule has 0 spiro atoms. The molecular formula is C46H80N2O2. The lowest BCUT2D eigenvalue weighted by atomic mass is 10.0. The van der Waals surface area contributed by atoms with E-state index in [9.17, 15) is 0 Å². The lowest BCUT2D eigenvalue weighted by molar-refractivity contribution is 0.115. The molecule has 2 rings (SSSR count). The molecule has 0 atom stereocenters. The first kappa shape index (κ1) is 44.4. The summed E-state index contributed by atoms with van der Waals surface area (Å²) in [7, 11) is 4.55. The molecule has 2 aromatic carbocycles. The van der Waals surface area contributed by atoms with Crippen LogP contribution >= 0.6 is 0 Å². The Morgan fingerprint density at radius 1 is 0.400 bits per heavy atom. The topological polar surface area (TPSA) is 24.9 Å². The minimum atomic E-state index is 0.680. The first-order valence-electron chi connectivity index (χ1n) is 21.3. The van der Waals surface area contributed by atoms with Crippen LogP contribution in [0.5, 0.6) is 0 Å². The largest absolute Gasteiger partial charge is 0.377 e. The van der Waals surface area contributed by atoms with Crippen LogP contribution in [0, 0.1) is 0 Å². The highest BCUT2D eigenvalue weighted by molar-refractivity contribution is 5.64. The second-order valence-electron chi connectivity index (χ2n) is 15.2. The Kier molecular flexibility index (Phi) is 28.4. The summed E-state index contributed by atoms with van der Waals surface area (Å²) in [6.45, 7) is 12.4. The van der Waals surface area contributed by atoms with Crippen molar-refractivity contribution in [2.24, 2.45) is 0 Å². The van der Waals surface area contributed by atoms with Gasteiger partial charge in [-0.05, 0) is 113 Å². The average Bonchev–Trinajstić information content (AvgIpc) is 3.13. The highest BCUT2D eigenvalue weighted by Crippen LogP contribution is 2.23. The molecule has 0 fully saturated rings. The van der Waals surface area contributed by atoms with E-state index in [2.05, 4.69) is 86.3 Å². The number of rotatable bonds is 35. The second-order valence-corrected chi connectivity index (χ2v) is 15.2. The lowest BCUT2D eigenvalue weighted by Gasteiger charge is -2.16. The van der Waals surface area contributed by atoms with Gasteiger partial charge in [0.05, 0.1) is 13.2 Å². The number of unbranched alkanes of at least 4 members (excludes halogenated alkanes) is 18. The number of benzene rings is 2. The molecule has 0 N–H and O–H groups in total. The van der Waals surface area contributed by atoms with Crippen LogP contribution in [0.25, 0.3) is 11.1 Å². The van der Waals surface area contributed by atoms with Crippen LogP contribution in [-0.4, -0.2) is 63.3 Å². The number of hydrogen-bond donors (Lipinski definition) is 0. The van der Waals surface area contributed by atoms with Crippen molar-refractivity contribution < 1.29 is 9.47 Å². The van der Waals surface area contributed by atoms with Gasteiger partial charge in [0, 0.05) is 13.2 Å². The van der Waals surface area contributed by atoms with Crippen molar-refractivity contribution in [2.45, 2.75) is 168 Å². The second kappa shape index (κ2) is 32.0. The summed E-state index contributed by atoms with van der Waals surface area (Å²) in [6.07, 6.45) is 29.9. The van der Waals surface area contributed by atoms with Crippen molar-refractivity contribution in [3.8, 4) is 11.1 Å². The lowest BCUT2D eigenvalue weighted by Crippen LogP contribution is -2.21. The van der Waals surface area contributed by atoms with E-state index >= 15 is 0 Å². The van der Waals surface area contributed by atoms with Gasteiger partial charge in [-0.2, -0.15) is 0 Å². The normalized spacial score (nSPS) is 11.7. The van der Waals surface area contributed by atoms with E-state index in [-0.39, 0.29) is 0 Å². The van der Waals surface area contributed by atoms with Gasteiger partial charge in [0.25, 0.3) is 0 Å². The third kappa shape index (κ3) is 24.5. The van der Waals surface area contributed by atoms with Crippen molar-refractivity contribution in [3.05, 3.63) is 59.7 Å². The fourth-order valence-corrected chi connectivity index (χ4v) is 6.84. The predicted octanol–water partition coefficient (Wildman–Crippen LogP) is 12.9. The Morgan fingerprint density at radius 2 is 0.720 bits per heavy atom. The Bertz CT molecular complexity index is 945. The van der Waals surface area contributed by atoms with Gasteiger partial charge >= 0.3 is 0 Å². The molecule has 0 bridgehead atoms. The first-order valence-corrected chi connectivity index (χ1v) is 21.3. The van der Waals surface area contributed by atoms with Gasteiger partial charge in [-0.25, -0.2) is 0 Å². The number of hydrogen-bond acceptors (Lipinski definition) is 4.